The third kappa shape index (κ3) is 5.17. The Labute approximate surface area is 172 Å². The number of carbonyl (C=O) groups is 3. The molecule has 3 rings (SSSR count). The average Bonchev–Trinajstić information content (AvgIpc) is 3.25. The van der Waals surface area contributed by atoms with Crippen LogP contribution in [0.15, 0.2) is 47.8 Å². The average molecular weight is 411 g/mol. The minimum atomic E-state index is -0.698. The highest BCUT2D eigenvalue weighted by Gasteiger charge is 2.18. The maximum Gasteiger partial charge on any atom is 0.339 e. The number of urea groups is 1. The van der Waals surface area contributed by atoms with Crippen molar-refractivity contribution in [3.8, 4) is 10.6 Å². The summed E-state index contributed by atoms with van der Waals surface area (Å²) in [5, 5.41) is 7.32. The number of imide groups is 1. The lowest BCUT2D eigenvalue weighted by Crippen LogP contribution is -2.44. The van der Waals surface area contributed by atoms with Crippen LogP contribution in [0.5, 0.6) is 0 Å². The maximum absolute atomic E-state index is 12.7. The van der Waals surface area contributed by atoms with E-state index in [9.17, 15) is 14.4 Å². The monoisotopic (exact) mass is 411 g/mol. The molecule has 0 saturated carbocycles. The third-order valence-electron chi connectivity index (χ3n) is 4.29. The fourth-order valence-corrected chi connectivity index (χ4v) is 3.31. The highest BCUT2D eigenvalue weighted by atomic mass is 32.1. The highest BCUT2D eigenvalue weighted by molar-refractivity contribution is 7.13. The third-order valence-corrected chi connectivity index (χ3v) is 5.18. The van der Waals surface area contributed by atoms with Gasteiger partial charge in [-0.1, -0.05) is 31.2 Å². The number of esters is 1. The number of rotatable bonds is 6. The molecule has 1 aromatic carbocycles. The van der Waals surface area contributed by atoms with Crippen LogP contribution in [0.1, 0.15) is 30.6 Å². The van der Waals surface area contributed by atoms with Gasteiger partial charge >= 0.3 is 12.0 Å². The van der Waals surface area contributed by atoms with Gasteiger partial charge in [0.15, 0.2) is 6.61 Å². The summed E-state index contributed by atoms with van der Waals surface area (Å²) in [6.07, 6.45) is 0.734. The van der Waals surface area contributed by atoms with Crippen molar-refractivity contribution >= 4 is 40.1 Å². The van der Waals surface area contributed by atoms with Gasteiger partial charge in [0.05, 0.1) is 21.7 Å². The number of para-hydroxylation sites is 1. The van der Waals surface area contributed by atoms with Crippen LogP contribution in [0.3, 0.4) is 0 Å². The lowest BCUT2D eigenvalue weighted by molar-refractivity contribution is -0.123. The summed E-state index contributed by atoms with van der Waals surface area (Å²) in [7, 11) is 0. The van der Waals surface area contributed by atoms with Crippen molar-refractivity contribution in [2.24, 2.45) is 0 Å². The van der Waals surface area contributed by atoms with E-state index >= 15 is 0 Å². The van der Waals surface area contributed by atoms with Crippen LogP contribution in [0.4, 0.5) is 4.79 Å². The second-order valence-corrected chi connectivity index (χ2v) is 7.40. The number of nitrogens with zero attached hydrogens (tertiary/aromatic N) is 1. The van der Waals surface area contributed by atoms with E-state index in [0.717, 1.165) is 11.3 Å². The Hall–Kier alpha value is -3.26. The Morgan fingerprint density at radius 2 is 1.97 bits per heavy atom. The molecule has 0 radical (unpaired) electrons. The number of thiophene rings is 1. The Morgan fingerprint density at radius 1 is 1.17 bits per heavy atom. The number of fused-ring (bicyclic) bond motifs is 1. The van der Waals surface area contributed by atoms with Crippen molar-refractivity contribution < 1.29 is 19.1 Å². The predicted octanol–water partition coefficient (Wildman–Crippen LogP) is 3.74. The van der Waals surface area contributed by atoms with E-state index < -0.39 is 24.5 Å². The fourth-order valence-electron chi connectivity index (χ4n) is 2.63. The lowest BCUT2D eigenvalue weighted by atomic mass is 10.1. The molecule has 2 N–H and O–H groups in total. The van der Waals surface area contributed by atoms with Gasteiger partial charge in [-0.05, 0) is 36.9 Å². The molecule has 7 nitrogen and oxygen atoms in total. The number of nitrogens with one attached hydrogen (secondary N) is 2. The molecule has 29 heavy (non-hydrogen) atoms. The van der Waals surface area contributed by atoms with Crippen LogP contribution in [0, 0.1) is 0 Å². The standard InChI is InChI=1S/C21H21N3O4S/c1-3-13(2)22-21(27)24-19(25)12-28-20(26)15-11-17(18-9-6-10-29-18)23-16-8-5-4-7-14(15)16/h4-11,13H,3,12H2,1-2H3,(H2,22,24,25,27)/t13-/m0/s1. The molecule has 0 aliphatic rings. The molecule has 3 aromatic rings. The second kappa shape index (κ2) is 9.29. The Bertz CT molecular complexity index is 1030. The zero-order valence-electron chi connectivity index (χ0n) is 16.1. The lowest BCUT2D eigenvalue weighted by Gasteiger charge is -2.12. The molecule has 1 atom stereocenters. The van der Waals surface area contributed by atoms with E-state index in [0.29, 0.717) is 22.2 Å². The number of benzene rings is 1. The Morgan fingerprint density at radius 3 is 2.69 bits per heavy atom. The van der Waals surface area contributed by atoms with Gasteiger partial charge in [-0.2, -0.15) is 0 Å². The number of amides is 3. The van der Waals surface area contributed by atoms with Gasteiger partial charge in [0.2, 0.25) is 0 Å². The minimum Gasteiger partial charge on any atom is -0.452 e. The number of hydrogen-bond donors (Lipinski definition) is 2. The molecule has 0 fully saturated rings. The van der Waals surface area contributed by atoms with Gasteiger partial charge < -0.3 is 10.1 Å². The summed E-state index contributed by atoms with van der Waals surface area (Å²) >= 11 is 1.51. The van der Waals surface area contributed by atoms with E-state index in [-0.39, 0.29) is 6.04 Å². The second-order valence-electron chi connectivity index (χ2n) is 6.46. The van der Waals surface area contributed by atoms with Gasteiger partial charge in [0.25, 0.3) is 5.91 Å². The normalized spacial score (nSPS) is 11.7. The van der Waals surface area contributed by atoms with E-state index in [4.69, 9.17) is 4.74 Å². The number of ether oxygens (including phenoxy) is 1. The maximum atomic E-state index is 12.7. The first-order valence-electron chi connectivity index (χ1n) is 9.19. The van der Waals surface area contributed by atoms with Crippen LogP contribution in [0.25, 0.3) is 21.5 Å². The van der Waals surface area contributed by atoms with Crippen LogP contribution in [-0.2, 0) is 9.53 Å². The van der Waals surface area contributed by atoms with Crippen molar-refractivity contribution in [3.63, 3.8) is 0 Å². The Kier molecular flexibility index (Phi) is 6.56. The number of aromatic nitrogens is 1. The summed E-state index contributed by atoms with van der Waals surface area (Å²) < 4.78 is 5.15. The van der Waals surface area contributed by atoms with Gasteiger partial charge in [-0.25, -0.2) is 14.6 Å². The predicted molar refractivity (Wildman–Crippen MR) is 112 cm³/mol. The van der Waals surface area contributed by atoms with E-state index in [1.807, 2.05) is 43.5 Å². The molecule has 0 aliphatic heterocycles. The molecule has 0 spiro atoms. The molecular formula is C21H21N3O4S. The molecule has 2 heterocycles. The molecule has 150 valence electrons. The van der Waals surface area contributed by atoms with Crippen LogP contribution >= 0.6 is 11.3 Å². The summed E-state index contributed by atoms with van der Waals surface area (Å²) in [6.45, 7) is 3.18. The summed E-state index contributed by atoms with van der Waals surface area (Å²) in [6, 6.07) is 12.0. The number of carbonyl (C=O) groups excluding carboxylic acids is 3. The molecular weight excluding hydrogens is 390 g/mol. The largest absolute Gasteiger partial charge is 0.452 e. The molecule has 8 heteroatoms. The van der Waals surface area contributed by atoms with Crippen molar-refractivity contribution in [3.05, 3.63) is 53.4 Å². The smallest absolute Gasteiger partial charge is 0.339 e. The van der Waals surface area contributed by atoms with Crippen molar-refractivity contribution in [1.82, 2.24) is 15.6 Å². The summed E-state index contributed by atoms with van der Waals surface area (Å²) in [5.74, 6) is -1.35. The highest BCUT2D eigenvalue weighted by Crippen LogP contribution is 2.28. The SMILES string of the molecule is CC[C@H](C)NC(=O)NC(=O)COC(=O)c1cc(-c2cccs2)nc2ccccc12. The first-order chi connectivity index (χ1) is 14.0. The molecule has 0 saturated heterocycles. The van der Waals surface area contributed by atoms with E-state index in [1.54, 1.807) is 18.2 Å². The van der Waals surface area contributed by atoms with E-state index in [1.165, 1.54) is 11.3 Å². The van der Waals surface area contributed by atoms with Crippen molar-refractivity contribution in [2.45, 2.75) is 26.3 Å². The zero-order valence-corrected chi connectivity index (χ0v) is 16.9. The molecule has 0 bridgehead atoms. The van der Waals surface area contributed by atoms with Crippen LogP contribution < -0.4 is 10.6 Å². The summed E-state index contributed by atoms with van der Waals surface area (Å²) in [5.41, 5.74) is 1.63. The number of pyridine rings is 1. The molecule has 0 aliphatic carbocycles. The number of hydrogen-bond acceptors (Lipinski definition) is 6. The topological polar surface area (TPSA) is 97.4 Å². The van der Waals surface area contributed by atoms with Crippen LogP contribution in [-0.4, -0.2) is 35.5 Å². The van der Waals surface area contributed by atoms with Crippen molar-refractivity contribution in [2.75, 3.05) is 6.61 Å². The quantitative estimate of drug-likeness (QED) is 0.602. The Balaban J connectivity index is 1.73. The van der Waals surface area contributed by atoms with E-state index in [2.05, 4.69) is 15.6 Å². The summed E-state index contributed by atoms with van der Waals surface area (Å²) in [4.78, 5) is 41.8. The van der Waals surface area contributed by atoms with Gasteiger partial charge in [0, 0.05) is 11.4 Å². The van der Waals surface area contributed by atoms with Gasteiger partial charge in [-0.3, -0.25) is 10.1 Å². The minimum absolute atomic E-state index is 0.0655. The fraction of sp³-hybridized carbons (Fsp3) is 0.238. The first-order valence-corrected chi connectivity index (χ1v) is 10.1. The van der Waals surface area contributed by atoms with Gasteiger partial charge in [-0.15, -0.1) is 11.3 Å². The zero-order chi connectivity index (χ0) is 20.8. The van der Waals surface area contributed by atoms with Crippen molar-refractivity contribution in [1.29, 1.82) is 0 Å². The van der Waals surface area contributed by atoms with Crippen LogP contribution in [0.2, 0.25) is 0 Å². The molecule has 2 aromatic heterocycles. The first kappa shape index (κ1) is 20.5. The van der Waals surface area contributed by atoms with Gasteiger partial charge in [0.1, 0.15) is 0 Å². The molecule has 3 amide bonds. The molecule has 0 unspecified atom stereocenters.